The molecule has 3 rings (SSSR count). The van der Waals surface area contributed by atoms with Crippen LogP contribution in [0.15, 0.2) is 36.5 Å². The Labute approximate surface area is 128 Å². The predicted octanol–water partition coefficient (Wildman–Crippen LogP) is 3.25. The molecule has 0 aliphatic rings. The summed E-state index contributed by atoms with van der Waals surface area (Å²) in [6.45, 7) is 1.88. The lowest BCUT2D eigenvalue weighted by molar-refractivity contribution is -0.274. The van der Waals surface area contributed by atoms with Gasteiger partial charge in [-0.15, -0.1) is 13.2 Å². The summed E-state index contributed by atoms with van der Waals surface area (Å²) in [5, 5.41) is 10.3. The number of aliphatic hydroxyl groups is 1. The highest BCUT2D eigenvalue weighted by atomic mass is 19.4. The molecule has 1 unspecified atom stereocenters. The Hall–Kier alpha value is -2.61. The maximum Gasteiger partial charge on any atom is 0.573 e. The molecule has 0 aliphatic carbocycles. The first kappa shape index (κ1) is 15.3. The number of pyridine rings is 1. The minimum absolute atomic E-state index is 0.266. The summed E-state index contributed by atoms with van der Waals surface area (Å²) < 4.78 is 40.2. The SMILES string of the molecule is Cc1cnc2nc(C(O)c3ccc(OC(F)(F)F)cc3)[nH]c2c1. The van der Waals surface area contributed by atoms with Crippen LogP contribution in [-0.4, -0.2) is 26.4 Å². The van der Waals surface area contributed by atoms with Gasteiger partial charge < -0.3 is 14.8 Å². The lowest BCUT2D eigenvalue weighted by atomic mass is 10.1. The van der Waals surface area contributed by atoms with Crippen LogP contribution in [-0.2, 0) is 0 Å². The van der Waals surface area contributed by atoms with E-state index >= 15 is 0 Å². The van der Waals surface area contributed by atoms with Crippen LogP contribution < -0.4 is 4.74 Å². The molecule has 0 spiro atoms. The van der Waals surface area contributed by atoms with E-state index in [4.69, 9.17) is 0 Å². The first-order valence-corrected chi connectivity index (χ1v) is 6.68. The first-order valence-electron chi connectivity index (χ1n) is 6.68. The molecule has 1 aromatic carbocycles. The number of nitrogens with zero attached hydrogens (tertiary/aromatic N) is 2. The van der Waals surface area contributed by atoms with E-state index in [1.54, 1.807) is 6.20 Å². The van der Waals surface area contributed by atoms with Crippen LogP contribution in [0.5, 0.6) is 5.75 Å². The van der Waals surface area contributed by atoms with E-state index in [9.17, 15) is 18.3 Å². The lowest BCUT2D eigenvalue weighted by Gasteiger charge is -2.11. The number of nitrogens with one attached hydrogen (secondary N) is 1. The van der Waals surface area contributed by atoms with Gasteiger partial charge in [0.15, 0.2) is 5.65 Å². The van der Waals surface area contributed by atoms with Crippen molar-refractivity contribution in [2.75, 3.05) is 0 Å². The molecule has 0 saturated carbocycles. The van der Waals surface area contributed by atoms with E-state index in [1.807, 2.05) is 13.0 Å². The molecule has 0 fully saturated rings. The van der Waals surface area contributed by atoms with E-state index < -0.39 is 12.5 Å². The van der Waals surface area contributed by atoms with Crippen molar-refractivity contribution >= 4 is 11.2 Å². The molecule has 8 heteroatoms. The number of aromatic amines is 1. The quantitative estimate of drug-likeness (QED) is 0.776. The molecule has 2 N–H and O–H groups in total. The fourth-order valence-corrected chi connectivity index (χ4v) is 2.16. The van der Waals surface area contributed by atoms with Crippen molar-refractivity contribution in [3.63, 3.8) is 0 Å². The van der Waals surface area contributed by atoms with Gasteiger partial charge in [-0.05, 0) is 36.2 Å². The van der Waals surface area contributed by atoms with E-state index in [0.29, 0.717) is 16.7 Å². The molecule has 0 radical (unpaired) electrons. The van der Waals surface area contributed by atoms with E-state index in [0.717, 1.165) is 17.7 Å². The van der Waals surface area contributed by atoms with Crippen molar-refractivity contribution in [3.8, 4) is 5.75 Å². The van der Waals surface area contributed by atoms with Crippen molar-refractivity contribution in [1.29, 1.82) is 0 Å². The second-order valence-corrected chi connectivity index (χ2v) is 5.03. The molecule has 120 valence electrons. The Balaban J connectivity index is 1.85. The molecular weight excluding hydrogens is 311 g/mol. The lowest BCUT2D eigenvalue weighted by Crippen LogP contribution is -2.17. The highest BCUT2D eigenvalue weighted by molar-refractivity contribution is 5.71. The summed E-state index contributed by atoms with van der Waals surface area (Å²) in [4.78, 5) is 11.3. The molecule has 5 nitrogen and oxygen atoms in total. The van der Waals surface area contributed by atoms with Crippen LogP contribution >= 0.6 is 0 Å². The molecule has 1 atom stereocenters. The standard InChI is InChI=1S/C15H12F3N3O2/c1-8-6-11-13(19-7-8)21-14(20-11)12(22)9-2-4-10(5-3-9)23-15(16,17)18/h2-7,12,22H,1H3,(H,19,20,21). The Morgan fingerprint density at radius 3 is 2.57 bits per heavy atom. The van der Waals surface area contributed by atoms with Gasteiger partial charge in [-0.2, -0.15) is 0 Å². The molecule has 2 aromatic heterocycles. The first-order chi connectivity index (χ1) is 10.8. The maximum atomic E-state index is 12.1. The van der Waals surface area contributed by atoms with Gasteiger partial charge in [0.25, 0.3) is 0 Å². The fraction of sp³-hybridized carbons (Fsp3) is 0.200. The number of alkyl halides is 3. The van der Waals surface area contributed by atoms with Crippen LogP contribution in [0.3, 0.4) is 0 Å². The van der Waals surface area contributed by atoms with Gasteiger partial charge in [-0.1, -0.05) is 12.1 Å². The number of ether oxygens (including phenoxy) is 1. The van der Waals surface area contributed by atoms with Crippen molar-refractivity contribution in [2.24, 2.45) is 0 Å². The number of aryl methyl sites for hydroxylation is 1. The van der Waals surface area contributed by atoms with Gasteiger partial charge in [0.1, 0.15) is 17.7 Å². The highest BCUT2D eigenvalue weighted by Gasteiger charge is 2.31. The summed E-state index contributed by atoms with van der Waals surface area (Å²) >= 11 is 0. The average molecular weight is 323 g/mol. The molecule has 0 saturated heterocycles. The average Bonchev–Trinajstić information content (AvgIpc) is 2.88. The van der Waals surface area contributed by atoms with Crippen LogP contribution in [0.1, 0.15) is 23.1 Å². The van der Waals surface area contributed by atoms with Gasteiger partial charge >= 0.3 is 6.36 Å². The van der Waals surface area contributed by atoms with Gasteiger partial charge in [0.2, 0.25) is 0 Å². The highest BCUT2D eigenvalue weighted by Crippen LogP contribution is 2.26. The second kappa shape index (κ2) is 5.54. The summed E-state index contributed by atoms with van der Waals surface area (Å²) in [6.07, 6.45) is -4.20. The summed E-state index contributed by atoms with van der Waals surface area (Å²) in [5.41, 5.74) is 2.46. The minimum atomic E-state index is -4.75. The number of fused-ring (bicyclic) bond motifs is 1. The summed E-state index contributed by atoms with van der Waals surface area (Å²) in [6, 6.07) is 6.80. The number of halogens is 3. The molecule has 23 heavy (non-hydrogen) atoms. The van der Waals surface area contributed by atoms with E-state index in [1.165, 1.54) is 12.1 Å². The number of rotatable bonds is 3. The molecular formula is C15H12F3N3O2. The Morgan fingerprint density at radius 2 is 1.91 bits per heavy atom. The number of hydrogen-bond donors (Lipinski definition) is 2. The van der Waals surface area contributed by atoms with Crippen molar-refractivity contribution in [3.05, 3.63) is 53.5 Å². The zero-order valence-corrected chi connectivity index (χ0v) is 11.9. The number of imidazole rings is 1. The molecule has 2 heterocycles. The smallest absolute Gasteiger partial charge is 0.406 e. The number of benzene rings is 1. The normalized spacial score (nSPS) is 13.3. The Bertz CT molecular complexity index is 828. The maximum absolute atomic E-state index is 12.1. The van der Waals surface area contributed by atoms with Gasteiger partial charge in [-0.25, -0.2) is 9.97 Å². The number of hydrogen-bond acceptors (Lipinski definition) is 4. The monoisotopic (exact) mass is 323 g/mol. The topological polar surface area (TPSA) is 71.0 Å². The van der Waals surface area contributed by atoms with Crippen molar-refractivity contribution in [2.45, 2.75) is 19.4 Å². The third-order valence-electron chi connectivity index (χ3n) is 3.18. The predicted molar refractivity (Wildman–Crippen MR) is 75.8 cm³/mol. The zero-order valence-electron chi connectivity index (χ0n) is 11.9. The fourth-order valence-electron chi connectivity index (χ4n) is 2.16. The number of H-pyrrole nitrogens is 1. The van der Waals surface area contributed by atoms with E-state index in [-0.39, 0.29) is 11.6 Å². The van der Waals surface area contributed by atoms with Gasteiger partial charge in [-0.3, -0.25) is 0 Å². The van der Waals surface area contributed by atoms with Crippen molar-refractivity contribution < 1.29 is 23.0 Å². The van der Waals surface area contributed by atoms with Gasteiger partial charge in [0, 0.05) is 6.20 Å². The van der Waals surface area contributed by atoms with Crippen molar-refractivity contribution in [1.82, 2.24) is 15.0 Å². The molecule has 3 aromatic rings. The van der Waals surface area contributed by atoms with Crippen LogP contribution in [0, 0.1) is 6.92 Å². The molecule has 0 aliphatic heterocycles. The summed E-state index contributed by atoms with van der Waals surface area (Å²) in [5.74, 6) is -0.0852. The van der Waals surface area contributed by atoms with Gasteiger partial charge in [0.05, 0.1) is 5.52 Å². The summed E-state index contributed by atoms with van der Waals surface area (Å²) in [7, 11) is 0. The molecule has 0 bridgehead atoms. The second-order valence-electron chi connectivity index (χ2n) is 5.03. The largest absolute Gasteiger partial charge is 0.573 e. The number of aliphatic hydroxyl groups excluding tert-OH is 1. The Morgan fingerprint density at radius 1 is 1.22 bits per heavy atom. The van der Waals surface area contributed by atoms with Crippen LogP contribution in [0.25, 0.3) is 11.2 Å². The Kier molecular flexibility index (Phi) is 3.69. The number of aromatic nitrogens is 3. The minimum Gasteiger partial charge on any atom is -0.406 e. The zero-order chi connectivity index (χ0) is 16.6. The van der Waals surface area contributed by atoms with E-state index in [2.05, 4.69) is 19.7 Å². The molecule has 0 amide bonds. The third kappa shape index (κ3) is 3.42. The van der Waals surface area contributed by atoms with Crippen LogP contribution in [0.2, 0.25) is 0 Å². The third-order valence-corrected chi connectivity index (χ3v) is 3.18. The van der Waals surface area contributed by atoms with Crippen LogP contribution in [0.4, 0.5) is 13.2 Å².